The predicted molar refractivity (Wildman–Crippen MR) is 83.4 cm³/mol. The van der Waals surface area contributed by atoms with Gasteiger partial charge in [-0.2, -0.15) is 0 Å². The summed E-state index contributed by atoms with van der Waals surface area (Å²) in [5.74, 6) is 1.82. The van der Waals surface area contributed by atoms with Gasteiger partial charge >= 0.3 is 0 Å². The molecule has 3 rings (SSSR count). The molecule has 1 fully saturated rings. The van der Waals surface area contributed by atoms with Gasteiger partial charge in [0.05, 0.1) is 18.6 Å². The first kappa shape index (κ1) is 14.9. The van der Waals surface area contributed by atoms with Crippen molar-refractivity contribution in [3.63, 3.8) is 0 Å². The maximum absolute atomic E-state index is 12.0. The van der Waals surface area contributed by atoms with Crippen LogP contribution < -0.4 is 10.1 Å². The molecule has 0 atom stereocenters. The summed E-state index contributed by atoms with van der Waals surface area (Å²) >= 11 is 1.24. The highest BCUT2D eigenvalue weighted by molar-refractivity contribution is 7.99. The Morgan fingerprint density at radius 3 is 3.00 bits per heavy atom. The zero-order valence-corrected chi connectivity index (χ0v) is 13.3. The van der Waals surface area contributed by atoms with Gasteiger partial charge in [0.1, 0.15) is 5.75 Å². The molecule has 1 aromatic carbocycles. The molecule has 0 saturated heterocycles. The minimum Gasteiger partial charge on any atom is -0.495 e. The molecule has 7 heteroatoms. The summed E-state index contributed by atoms with van der Waals surface area (Å²) in [7, 11) is 1.58. The monoisotopic (exact) mass is 319 g/mol. The van der Waals surface area contributed by atoms with Crippen molar-refractivity contribution in [3.8, 4) is 5.75 Å². The van der Waals surface area contributed by atoms with E-state index in [1.165, 1.54) is 11.8 Å². The summed E-state index contributed by atoms with van der Waals surface area (Å²) in [6.45, 7) is 1.96. The second-order valence-corrected chi connectivity index (χ2v) is 6.15. The first-order valence-electron chi connectivity index (χ1n) is 7.06. The Kier molecular flexibility index (Phi) is 4.33. The molecule has 6 nitrogen and oxygen atoms in total. The SMILES string of the molecule is COc1ccc(C)cc1NC(=O)CSc1nnc(C2CC2)o1. The van der Waals surface area contributed by atoms with Gasteiger partial charge in [0.15, 0.2) is 0 Å². The van der Waals surface area contributed by atoms with Crippen molar-refractivity contribution in [2.24, 2.45) is 0 Å². The summed E-state index contributed by atoms with van der Waals surface area (Å²) in [5.41, 5.74) is 1.71. The topological polar surface area (TPSA) is 77.2 Å². The number of carbonyl (C=O) groups is 1. The average Bonchev–Trinajstić information content (AvgIpc) is 3.24. The van der Waals surface area contributed by atoms with Gasteiger partial charge in [-0.1, -0.05) is 17.8 Å². The number of aromatic nitrogens is 2. The lowest BCUT2D eigenvalue weighted by atomic mass is 10.2. The molecule has 1 N–H and O–H groups in total. The van der Waals surface area contributed by atoms with Crippen molar-refractivity contribution < 1.29 is 13.9 Å². The third kappa shape index (κ3) is 3.59. The number of nitrogens with one attached hydrogen (secondary N) is 1. The third-order valence-corrected chi connectivity index (χ3v) is 4.12. The van der Waals surface area contributed by atoms with Gasteiger partial charge in [-0.15, -0.1) is 10.2 Å². The van der Waals surface area contributed by atoms with E-state index >= 15 is 0 Å². The van der Waals surface area contributed by atoms with Crippen LogP contribution in [0.3, 0.4) is 0 Å². The molecule has 0 unspecified atom stereocenters. The van der Waals surface area contributed by atoms with Crippen LogP contribution >= 0.6 is 11.8 Å². The van der Waals surface area contributed by atoms with E-state index in [0.717, 1.165) is 18.4 Å². The maximum atomic E-state index is 12.0. The highest BCUT2D eigenvalue weighted by atomic mass is 32.2. The lowest BCUT2D eigenvalue weighted by Crippen LogP contribution is -2.14. The van der Waals surface area contributed by atoms with Crippen LogP contribution in [0, 0.1) is 6.92 Å². The van der Waals surface area contributed by atoms with Crippen LogP contribution in [0.1, 0.15) is 30.2 Å². The highest BCUT2D eigenvalue weighted by Gasteiger charge is 2.29. The fourth-order valence-electron chi connectivity index (χ4n) is 2.01. The molecular weight excluding hydrogens is 302 g/mol. The summed E-state index contributed by atoms with van der Waals surface area (Å²) in [6, 6.07) is 5.64. The normalized spacial score (nSPS) is 13.9. The van der Waals surface area contributed by atoms with E-state index in [9.17, 15) is 4.79 Å². The van der Waals surface area contributed by atoms with E-state index in [0.29, 0.717) is 28.5 Å². The molecule has 116 valence electrons. The minimum absolute atomic E-state index is 0.139. The summed E-state index contributed by atoms with van der Waals surface area (Å²) in [6.07, 6.45) is 2.22. The summed E-state index contributed by atoms with van der Waals surface area (Å²) < 4.78 is 10.7. The van der Waals surface area contributed by atoms with Crippen molar-refractivity contribution in [2.45, 2.75) is 30.9 Å². The van der Waals surface area contributed by atoms with Gasteiger partial charge in [0, 0.05) is 5.92 Å². The summed E-state index contributed by atoms with van der Waals surface area (Å²) in [4.78, 5) is 12.0. The van der Waals surface area contributed by atoms with Crippen molar-refractivity contribution in [1.29, 1.82) is 0 Å². The van der Waals surface area contributed by atoms with Crippen LogP contribution in [0.4, 0.5) is 5.69 Å². The number of aryl methyl sites for hydroxylation is 1. The van der Waals surface area contributed by atoms with Gasteiger partial charge in [-0.3, -0.25) is 4.79 Å². The quantitative estimate of drug-likeness (QED) is 0.825. The molecular formula is C15H17N3O3S. The van der Waals surface area contributed by atoms with E-state index in [4.69, 9.17) is 9.15 Å². The number of hydrogen-bond acceptors (Lipinski definition) is 6. The molecule has 2 aromatic rings. The fraction of sp³-hybridized carbons (Fsp3) is 0.400. The van der Waals surface area contributed by atoms with Gasteiger partial charge in [0.2, 0.25) is 11.8 Å². The highest BCUT2D eigenvalue weighted by Crippen LogP contribution is 2.39. The number of ether oxygens (including phenoxy) is 1. The first-order valence-corrected chi connectivity index (χ1v) is 8.05. The van der Waals surface area contributed by atoms with Crippen molar-refractivity contribution in [2.75, 3.05) is 18.2 Å². The van der Waals surface area contributed by atoms with E-state index in [1.54, 1.807) is 7.11 Å². The van der Waals surface area contributed by atoms with Crippen molar-refractivity contribution in [3.05, 3.63) is 29.7 Å². The van der Waals surface area contributed by atoms with E-state index in [-0.39, 0.29) is 11.7 Å². The fourth-order valence-corrected chi connectivity index (χ4v) is 2.58. The smallest absolute Gasteiger partial charge is 0.277 e. The van der Waals surface area contributed by atoms with Crippen molar-refractivity contribution >= 4 is 23.4 Å². The second kappa shape index (κ2) is 6.39. The molecule has 1 saturated carbocycles. The number of carbonyl (C=O) groups excluding carboxylic acids is 1. The predicted octanol–water partition coefficient (Wildman–Crippen LogP) is 2.99. The summed E-state index contributed by atoms with van der Waals surface area (Å²) in [5, 5.41) is 11.2. The number of hydrogen-bond donors (Lipinski definition) is 1. The van der Waals surface area contributed by atoms with Crippen LogP contribution in [0.15, 0.2) is 27.8 Å². The largest absolute Gasteiger partial charge is 0.495 e. The Labute approximate surface area is 132 Å². The lowest BCUT2D eigenvalue weighted by Gasteiger charge is -2.10. The number of nitrogens with zero attached hydrogens (tertiary/aromatic N) is 2. The van der Waals surface area contributed by atoms with Crippen LogP contribution in [-0.4, -0.2) is 29.0 Å². The van der Waals surface area contributed by atoms with Crippen LogP contribution in [0.2, 0.25) is 0 Å². The Balaban J connectivity index is 1.56. The van der Waals surface area contributed by atoms with E-state index in [1.807, 2.05) is 25.1 Å². The molecule has 22 heavy (non-hydrogen) atoms. The molecule has 1 aliphatic carbocycles. The molecule has 1 aromatic heterocycles. The number of anilines is 1. The molecule has 0 aliphatic heterocycles. The van der Waals surface area contributed by atoms with Gasteiger partial charge in [-0.25, -0.2) is 0 Å². The zero-order valence-electron chi connectivity index (χ0n) is 12.5. The van der Waals surface area contributed by atoms with E-state index in [2.05, 4.69) is 15.5 Å². The first-order chi connectivity index (χ1) is 10.7. The standard InChI is InChI=1S/C15H17N3O3S/c1-9-3-6-12(20-2)11(7-9)16-13(19)8-22-15-18-17-14(21-15)10-4-5-10/h3,6-7,10H,4-5,8H2,1-2H3,(H,16,19). The molecule has 1 amide bonds. The van der Waals surface area contributed by atoms with Crippen LogP contribution in [-0.2, 0) is 4.79 Å². The van der Waals surface area contributed by atoms with Crippen LogP contribution in [0.25, 0.3) is 0 Å². The number of methoxy groups -OCH3 is 1. The Bertz CT molecular complexity index is 682. The second-order valence-electron chi connectivity index (χ2n) is 5.22. The number of rotatable bonds is 6. The Morgan fingerprint density at radius 2 is 2.27 bits per heavy atom. The molecule has 0 radical (unpaired) electrons. The molecule has 1 heterocycles. The van der Waals surface area contributed by atoms with Gasteiger partial charge in [-0.05, 0) is 37.5 Å². The molecule has 1 aliphatic rings. The third-order valence-electron chi connectivity index (χ3n) is 3.30. The van der Waals surface area contributed by atoms with E-state index < -0.39 is 0 Å². The lowest BCUT2D eigenvalue weighted by molar-refractivity contribution is -0.113. The number of amides is 1. The van der Waals surface area contributed by atoms with Gasteiger partial charge in [0.25, 0.3) is 5.22 Å². The maximum Gasteiger partial charge on any atom is 0.277 e. The Hall–Kier alpha value is -2.02. The van der Waals surface area contributed by atoms with Gasteiger partial charge < -0.3 is 14.5 Å². The molecule has 0 bridgehead atoms. The Morgan fingerprint density at radius 1 is 1.45 bits per heavy atom. The number of benzene rings is 1. The molecule has 0 spiro atoms. The average molecular weight is 319 g/mol. The minimum atomic E-state index is -0.139. The number of thioether (sulfide) groups is 1. The van der Waals surface area contributed by atoms with Crippen molar-refractivity contribution in [1.82, 2.24) is 10.2 Å². The zero-order chi connectivity index (χ0) is 15.5. The van der Waals surface area contributed by atoms with Crippen LogP contribution in [0.5, 0.6) is 5.75 Å².